The molecule has 0 aromatic carbocycles. The zero-order valence-electron chi connectivity index (χ0n) is 16.8. The first-order chi connectivity index (χ1) is 14.2. The first-order valence-corrected chi connectivity index (χ1v) is 10.5. The predicted octanol–water partition coefficient (Wildman–Crippen LogP) is 1.85. The molecule has 2 saturated heterocycles. The number of nitrogens with zero attached hydrogens (tertiary/aromatic N) is 7. The van der Waals surface area contributed by atoms with Crippen molar-refractivity contribution in [3.05, 3.63) is 30.7 Å². The van der Waals surface area contributed by atoms with E-state index in [-0.39, 0.29) is 6.10 Å². The Bertz CT molecular complexity index is 981. The van der Waals surface area contributed by atoms with Crippen LogP contribution in [-0.2, 0) is 7.05 Å². The van der Waals surface area contributed by atoms with Gasteiger partial charge in [0.25, 0.3) is 0 Å². The van der Waals surface area contributed by atoms with E-state index in [1.54, 1.807) is 12.4 Å². The summed E-state index contributed by atoms with van der Waals surface area (Å²) in [5.74, 6) is 1.64. The standard InChI is InChI=1S/C21H27N7O/c1-26-20-18(13-23-26)21(25-19(24-20)15-4-2-8-22-12-15)27-10-6-16(7-11-27)28-9-3-5-17(29)14-28/h2,4,8,12-13,16-17,29H,3,5-7,9-11,14H2,1H3. The van der Waals surface area contributed by atoms with Gasteiger partial charge in [-0.25, -0.2) is 9.97 Å². The molecule has 3 aromatic heterocycles. The van der Waals surface area contributed by atoms with E-state index >= 15 is 0 Å². The molecule has 3 aromatic rings. The van der Waals surface area contributed by atoms with Gasteiger partial charge in [-0.1, -0.05) is 0 Å². The molecule has 2 aliphatic heterocycles. The van der Waals surface area contributed by atoms with Gasteiger partial charge >= 0.3 is 0 Å². The zero-order chi connectivity index (χ0) is 19.8. The summed E-state index contributed by atoms with van der Waals surface area (Å²) in [6.45, 7) is 3.82. The maximum atomic E-state index is 10.0. The summed E-state index contributed by atoms with van der Waals surface area (Å²) in [5, 5.41) is 15.4. The van der Waals surface area contributed by atoms with Crippen molar-refractivity contribution in [2.45, 2.75) is 37.8 Å². The van der Waals surface area contributed by atoms with E-state index in [2.05, 4.69) is 19.9 Å². The highest BCUT2D eigenvalue weighted by Gasteiger charge is 2.29. The van der Waals surface area contributed by atoms with Crippen LogP contribution in [0.25, 0.3) is 22.4 Å². The number of aryl methyl sites for hydroxylation is 1. The largest absolute Gasteiger partial charge is 0.392 e. The summed E-state index contributed by atoms with van der Waals surface area (Å²) in [6, 6.07) is 4.44. The molecule has 5 heterocycles. The summed E-state index contributed by atoms with van der Waals surface area (Å²) in [4.78, 5) is 18.7. The second-order valence-corrected chi connectivity index (χ2v) is 8.13. The maximum absolute atomic E-state index is 10.0. The molecule has 0 aliphatic carbocycles. The van der Waals surface area contributed by atoms with Gasteiger partial charge in [-0.05, 0) is 44.4 Å². The van der Waals surface area contributed by atoms with E-state index in [4.69, 9.17) is 9.97 Å². The Balaban J connectivity index is 1.42. The molecule has 0 radical (unpaired) electrons. The Morgan fingerprint density at radius 3 is 2.69 bits per heavy atom. The van der Waals surface area contributed by atoms with Gasteiger partial charge in [0.15, 0.2) is 11.5 Å². The van der Waals surface area contributed by atoms with Crippen LogP contribution in [0.5, 0.6) is 0 Å². The predicted molar refractivity (Wildman–Crippen MR) is 112 cm³/mol. The van der Waals surface area contributed by atoms with Crippen molar-refractivity contribution in [3.8, 4) is 11.4 Å². The first-order valence-electron chi connectivity index (χ1n) is 10.5. The number of β-amino-alcohol motifs (C(OH)–C–C–N with tert-alkyl or cyclic N) is 1. The topological polar surface area (TPSA) is 83.2 Å². The molecule has 0 amide bonds. The van der Waals surface area contributed by atoms with Crippen molar-refractivity contribution in [1.82, 2.24) is 29.6 Å². The number of aromatic nitrogens is 5. The summed E-state index contributed by atoms with van der Waals surface area (Å²) in [7, 11) is 1.92. The molecule has 1 atom stereocenters. The second kappa shape index (κ2) is 7.68. The lowest BCUT2D eigenvalue weighted by Crippen LogP contribution is -2.49. The molecule has 29 heavy (non-hydrogen) atoms. The van der Waals surface area contributed by atoms with E-state index < -0.39 is 0 Å². The molecule has 1 N–H and O–H groups in total. The van der Waals surface area contributed by atoms with E-state index in [9.17, 15) is 5.11 Å². The van der Waals surface area contributed by atoms with Gasteiger partial charge in [0, 0.05) is 50.7 Å². The number of pyridine rings is 1. The van der Waals surface area contributed by atoms with E-state index in [0.29, 0.717) is 11.9 Å². The third-order valence-electron chi connectivity index (χ3n) is 6.20. The molecule has 2 fully saturated rings. The fourth-order valence-corrected chi connectivity index (χ4v) is 4.63. The van der Waals surface area contributed by atoms with Crippen molar-refractivity contribution in [3.63, 3.8) is 0 Å². The van der Waals surface area contributed by atoms with Crippen LogP contribution in [0.4, 0.5) is 5.82 Å². The molecule has 8 heteroatoms. The third kappa shape index (κ3) is 3.58. The van der Waals surface area contributed by atoms with Gasteiger partial charge in [-0.15, -0.1) is 0 Å². The zero-order valence-corrected chi connectivity index (χ0v) is 16.8. The lowest BCUT2D eigenvalue weighted by atomic mass is 9.99. The SMILES string of the molecule is Cn1ncc2c(N3CCC(N4CCCC(O)C4)CC3)nc(-c3cccnc3)nc21. The van der Waals surface area contributed by atoms with Gasteiger partial charge in [-0.2, -0.15) is 5.10 Å². The Kier molecular flexibility index (Phi) is 4.89. The molecule has 0 saturated carbocycles. The van der Waals surface area contributed by atoms with Crippen LogP contribution < -0.4 is 4.90 Å². The summed E-state index contributed by atoms with van der Waals surface area (Å²) >= 11 is 0. The lowest BCUT2D eigenvalue weighted by Gasteiger charge is -2.41. The molecule has 2 aliphatic rings. The van der Waals surface area contributed by atoms with E-state index in [1.807, 2.05) is 30.1 Å². The Hall–Kier alpha value is -2.58. The second-order valence-electron chi connectivity index (χ2n) is 8.13. The first kappa shape index (κ1) is 18.4. The van der Waals surface area contributed by atoms with Crippen LogP contribution in [0.15, 0.2) is 30.7 Å². The Morgan fingerprint density at radius 1 is 1.07 bits per heavy atom. The minimum absolute atomic E-state index is 0.166. The molecule has 5 rings (SSSR count). The number of fused-ring (bicyclic) bond motifs is 1. The molecule has 0 bridgehead atoms. The van der Waals surface area contributed by atoms with Crippen LogP contribution in [0.3, 0.4) is 0 Å². The van der Waals surface area contributed by atoms with Crippen molar-refractivity contribution in [2.24, 2.45) is 7.05 Å². The third-order valence-corrected chi connectivity index (χ3v) is 6.20. The van der Waals surface area contributed by atoms with Gasteiger partial charge in [0.05, 0.1) is 17.7 Å². The van der Waals surface area contributed by atoms with E-state index in [1.165, 1.54) is 0 Å². The van der Waals surface area contributed by atoms with Crippen molar-refractivity contribution in [1.29, 1.82) is 0 Å². The van der Waals surface area contributed by atoms with Crippen molar-refractivity contribution >= 4 is 16.9 Å². The minimum Gasteiger partial charge on any atom is -0.392 e. The highest BCUT2D eigenvalue weighted by Crippen LogP contribution is 2.30. The van der Waals surface area contributed by atoms with Crippen LogP contribution in [-0.4, -0.2) is 73.1 Å². The summed E-state index contributed by atoms with van der Waals surface area (Å²) in [6.07, 6.45) is 9.46. The fraction of sp³-hybridized carbons (Fsp3) is 0.524. The Labute approximate surface area is 170 Å². The van der Waals surface area contributed by atoms with Crippen molar-refractivity contribution in [2.75, 3.05) is 31.1 Å². The number of piperidine rings is 2. The van der Waals surface area contributed by atoms with Crippen LogP contribution in [0.1, 0.15) is 25.7 Å². The molecule has 152 valence electrons. The lowest BCUT2D eigenvalue weighted by molar-refractivity contribution is 0.0398. The number of hydrogen-bond donors (Lipinski definition) is 1. The van der Waals surface area contributed by atoms with Gasteiger partial charge < -0.3 is 10.0 Å². The van der Waals surface area contributed by atoms with Gasteiger partial charge in [0.1, 0.15) is 5.82 Å². The molecule has 0 spiro atoms. The minimum atomic E-state index is -0.166. The fourth-order valence-electron chi connectivity index (χ4n) is 4.63. The summed E-state index contributed by atoms with van der Waals surface area (Å²) in [5.41, 5.74) is 1.75. The normalized spacial score (nSPS) is 21.7. The number of aliphatic hydroxyl groups excluding tert-OH is 1. The molecular formula is C21H27N7O. The average Bonchev–Trinajstić information content (AvgIpc) is 3.15. The number of hydrogen-bond acceptors (Lipinski definition) is 7. The number of rotatable bonds is 3. The van der Waals surface area contributed by atoms with E-state index in [0.717, 1.165) is 74.3 Å². The highest BCUT2D eigenvalue weighted by atomic mass is 16.3. The van der Waals surface area contributed by atoms with Crippen molar-refractivity contribution < 1.29 is 5.11 Å². The summed E-state index contributed by atoms with van der Waals surface area (Å²) < 4.78 is 1.81. The number of likely N-dealkylation sites (tertiary alicyclic amines) is 1. The van der Waals surface area contributed by atoms with Crippen LogP contribution in [0, 0.1) is 0 Å². The van der Waals surface area contributed by atoms with Crippen LogP contribution >= 0.6 is 0 Å². The Morgan fingerprint density at radius 2 is 1.93 bits per heavy atom. The smallest absolute Gasteiger partial charge is 0.165 e. The monoisotopic (exact) mass is 393 g/mol. The average molecular weight is 393 g/mol. The highest BCUT2D eigenvalue weighted by molar-refractivity contribution is 5.88. The van der Waals surface area contributed by atoms with Gasteiger partial charge in [0.2, 0.25) is 0 Å². The maximum Gasteiger partial charge on any atom is 0.165 e. The molecule has 1 unspecified atom stereocenters. The van der Waals surface area contributed by atoms with Crippen LogP contribution in [0.2, 0.25) is 0 Å². The molecular weight excluding hydrogens is 366 g/mol. The van der Waals surface area contributed by atoms with Gasteiger partial charge in [-0.3, -0.25) is 14.6 Å². The quantitative estimate of drug-likeness (QED) is 0.727. The molecule has 8 nitrogen and oxygen atoms in total. The number of anilines is 1. The number of aliphatic hydroxyl groups is 1.